The second-order valence-electron chi connectivity index (χ2n) is 8.53. The van der Waals surface area contributed by atoms with E-state index >= 15 is 0 Å². The van der Waals surface area contributed by atoms with Crippen LogP contribution in [0.4, 0.5) is 5.82 Å². The summed E-state index contributed by atoms with van der Waals surface area (Å²) >= 11 is 0. The van der Waals surface area contributed by atoms with Gasteiger partial charge in [0.05, 0.1) is 25.1 Å². The summed E-state index contributed by atoms with van der Waals surface area (Å²) in [4.78, 5) is 24.8. The van der Waals surface area contributed by atoms with Crippen molar-refractivity contribution in [3.8, 4) is 17.2 Å². The molecule has 1 aliphatic rings. The Morgan fingerprint density at radius 2 is 2.03 bits per heavy atom. The molecule has 0 saturated carbocycles. The highest BCUT2D eigenvalue weighted by Gasteiger charge is 2.34. The first-order valence-electron chi connectivity index (χ1n) is 11.3. The van der Waals surface area contributed by atoms with Crippen molar-refractivity contribution in [1.29, 1.82) is 0 Å². The molecule has 0 aliphatic carbocycles. The van der Waals surface area contributed by atoms with Gasteiger partial charge in [-0.2, -0.15) is 0 Å². The second kappa shape index (κ2) is 10.7. The predicted molar refractivity (Wildman–Crippen MR) is 130 cm³/mol. The number of anilines is 1. The van der Waals surface area contributed by atoms with Gasteiger partial charge in [0.25, 0.3) is 0 Å². The van der Waals surface area contributed by atoms with Gasteiger partial charge in [-0.05, 0) is 39.8 Å². The van der Waals surface area contributed by atoms with Crippen LogP contribution in [0.1, 0.15) is 27.7 Å². The van der Waals surface area contributed by atoms with Crippen LogP contribution in [0.25, 0.3) is 11.2 Å². The van der Waals surface area contributed by atoms with Crippen molar-refractivity contribution in [2.24, 2.45) is 0 Å². The fraction of sp³-hybridized carbons (Fsp3) is 0.455. The Balaban J connectivity index is 1.49. The molecule has 0 spiro atoms. The largest absolute Gasteiger partial charge is 0.462 e. The minimum absolute atomic E-state index is 0.0189. The lowest BCUT2D eigenvalue weighted by Gasteiger charge is -2.25. The quantitative estimate of drug-likeness (QED) is 0.281. The number of hydrogen-bond acceptors (Lipinski definition) is 11. The number of nitrogens with two attached hydrogens (primary N) is 1. The van der Waals surface area contributed by atoms with Gasteiger partial charge in [0.1, 0.15) is 24.2 Å². The Kier molecular flexibility index (Phi) is 7.62. The standard InChI is InChI=1S/C22H29N6O7P/c1-13(2)34-22(29)15(4)27-36(30,35-17-7-5-6-16-19(17)32-11-31-16)12-33-14(3)8-28-10-26-18-20(23)24-9-25-21(18)28/h5-7,9-10,13-15H,8,11-12H2,1-4H3,(H,27,30)(H2,23,24,25)/t14-,15-,36?/m1/s1. The number of nitrogen functional groups attached to an aromatic ring is 1. The molecule has 1 aromatic carbocycles. The minimum Gasteiger partial charge on any atom is -0.462 e. The SMILES string of the molecule is CC(C)OC(=O)[C@@H](C)NP(=O)(CO[C@H](C)Cn1cnc2c(N)ncnc21)Oc1cccc2c1OCO2. The van der Waals surface area contributed by atoms with Crippen LogP contribution in [-0.2, 0) is 25.4 Å². The molecular formula is C22H29N6O7P. The molecule has 194 valence electrons. The number of esters is 1. The molecule has 1 unspecified atom stereocenters. The number of carbonyl (C=O) groups is 1. The first kappa shape index (κ1) is 25.7. The van der Waals surface area contributed by atoms with E-state index in [0.717, 1.165) is 0 Å². The van der Waals surface area contributed by atoms with E-state index in [1.807, 2.05) is 0 Å². The normalized spacial score (nSPS) is 16.0. The summed E-state index contributed by atoms with van der Waals surface area (Å²) < 4.78 is 43.6. The number of aromatic nitrogens is 4. The van der Waals surface area contributed by atoms with Crippen molar-refractivity contribution < 1.29 is 32.8 Å². The van der Waals surface area contributed by atoms with Gasteiger partial charge in [0.2, 0.25) is 12.5 Å². The highest BCUT2D eigenvalue weighted by molar-refractivity contribution is 7.57. The predicted octanol–water partition coefficient (Wildman–Crippen LogP) is 2.70. The maximum Gasteiger partial charge on any atom is 0.342 e. The molecule has 13 nitrogen and oxygen atoms in total. The van der Waals surface area contributed by atoms with Crippen LogP contribution in [0.2, 0.25) is 0 Å². The maximum atomic E-state index is 13.9. The Hall–Kier alpha value is -3.41. The summed E-state index contributed by atoms with van der Waals surface area (Å²) in [6.07, 6.45) is 1.83. The van der Waals surface area contributed by atoms with Gasteiger partial charge in [0, 0.05) is 0 Å². The van der Waals surface area contributed by atoms with Crippen molar-refractivity contribution in [2.75, 3.05) is 18.9 Å². The fourth-order valence-corrected chi connectivity index (χ4v) is 5.28. The van der Waals surface area contributed by atoms with Crippen molar-refractivity contribution in [2.45, 2.75) is 52.5 Å². The zero-order valence-electron chi connectivity index (χ0n) is 20.4. The van der Waals surface area contributed by atoms with Gasteiger partial charge in [-0.15, -0.1) is 0 Å². The molecule has 3 heterocycles. The molecule has 3 N–H and O–H groups in total. The van der Waals surface area contributed by atoms with Crippen LogP contribution in [-0.4, -0.2) is 56.9 Å². The summed E-state index contributed by atoms with van der Waals surface area (Å²) in [5, 5.41) is 2.77. The first-order chi connectivity index (χ1) is 17.1. The van der Waals surface area contributed by atoms with Crippen molar-refractivity contribution in [3.63, 3.8) is 0 Å². The second-order valence-corrected chi connectivity index (χ2v) is 10.6. The van der Waals surface area contributed by atoms with Gasteiger partial charge in [0.15, 0.2) is 23.0 Å². The molecular weight excluding hydrogens is 491 g/mol. The van der Waals surface area contributed by atoms with Gasteiger partial charge < -0.3 is 33.8 Å². The van der Waals surface area contributed by atoms with E-state index in [9.17, 15) is 9.36 Å². The average Bonchev–Trinajstić information content (AvgIpc) is 3.46. The van der Waals surface area contributed by atoms with Crippen molar-refractivity contribution >= 4 is 30.5 Å². The van der Waals surface area contributed by atoms with Crippen LogP contribution < -0.4 is 24.8 Å². The third-order valence-corrected chi connectivity index (χ3v) is 6.88. The molecule has 0 saturated heterocycles. The van der Waals surface area contributed by atoms with E-state index in [2.05, 4.69) is 20.0 Å². The molecule has 36 heavy (non-hydrogen) atoms. The molecule has 14 heteroatoms. The number of nitrogens with zero attached hydrogens (tertiary/aromatic N) is 4. The summed E-state index contributed by atoms with van der Waals surface area (Å²) in [7, 11) is -3.81. The number of benzene rings is 1. The van der Waals surface area contributed by atoms with Gasteiger partial charge in [-0.25, -0.2) is 20.0 Å². The number of rotatable bonds is 11. The van der Waals surface area contributed by atoms with Crippen LogP contribution >= 0.6 is 7.52 Å². The highest BCUT2D eigenvalue weighted by Crippen LogP contribution is 2.50. The van der Waals surface area contributed by atoms with Crippen molar-refractivity contribution in [3.05, 3.63) is 30.9 Å². The zero-order chi connectivity index (χ0) is 25.9. The molecule has 3 atom stereocenters. The van der Waals surface area contributed by atoms with Crippen LogP contribution in [0.15, 0.2) is 30.9 Å². The average molecular weight is 520 g/mol. The van der Waals surface area contributed by atoms with Gasteiger partial charge >= 0.3 is 13.5 Å². The van der Waals surface area contributed by atoms with Gasteiger partial charge in [-0.1, -0.05) is 6.07 Å². The van der Waals surface area contributed by atoms with E-state index in [-0.39, 0.29) is 30.8 Å². The molecule has 0 amide bonds. The number of carbonyl (C=O) groups excluding carboxylic acids is 1. The molecule has 0 radical (unpaired) electrons. The summed E-state index contributed by atoms with van der Waals surface area (Å²) in [5.74, 6) is 0.704. The highest BCUT2D eigenvalue weighted by atomic mass is 31.2. The van der Waals surface area contributed by atoms with Crippen LogP contribution in [0.3, 0.4) is 0 Å². The topological polar surface area (TPSA) is 162 Å². The third kappa shape index (κ3) is 5.86. The Labute approximate surface area is 207 Å². The monoisotopic (exact) mass is 520 g/mol. The van der Waals surface area contributed by atoms with Gasteiger partial charge in [-0.3, -0.25) is 9.36 Å². The fourth-order valence-electron chi connectivity index (χ4n) is 3.49. The number of hydrogen-bond donors (Lipinski definition) is 2. The molecule has 2 aromatic heterocycles. The Morgan fingerprint density at radius 3 is 2.81 bits per heavy atom. The lowest BCUT2D eigenvalue weighted by Crippen LogP contribution is -2.37. The number of fused-ring (bicyclic) bond motifs is 2. The first-order valence-corrected chi connectivity index (χ1v) is 13.1. The number of ether oxygens (including phenoxy) is 4. The molecule has 3 aromatic rings. The van der Waals surface area contributed by atoms with Crippen LogP contribution in [0.5, 0.6) is 17.2 Å². The van der Waals surface area contributed by atoms with E-state index in [0.29, 0.717) is 29.2 Å². The number of nitrogens with one attached hydrogen (secondary N) is 1. The Morgan fingerprint density at radius 1 is 1.22 bits per heavy atom. The summed E-state index contributed by atoms with van der Waals surface area (Å²) in [5.41, 5.74) is 6.89. The molecule has 4 rings (SSSR count). The minimum atomic E-state index is -3.81. The molecule has 0 bridgehead atoms. The van der Waals surface area contributed by atoms with E-state index in [1.165, 1.54) is 6.33 Å². The van der Waals surface area contributed by atoms with E-state index < -0.39 is 25.6 Å². The zero-order valence-corrected chi connectivity index (χ0v) is 21.3. The lowest BCUT2D eigenvalue weighted by atomic mass is 10.3. The van der Waals surface area contributed by atoms with E-state index in [4.69, 9.17) is 29.2 Å². The third-order valence-electron chi connectivity index (χ3n) is 5.11. The summed E-state index contributed by atoms with van der Waals surface area (Å²) in [6.45, 7) is 7.17. The van der Waals surface area contributed by atoms with Crippen molar-refractivity contribution in [1.82, 2.24) is 24.6 Å². The summed E-state index contributed by atoms with van der Waals surface area (Å²) in [6, 6.07) is 4.07. The van der Waals surface area contributed by atoms with E-state index in [1.54, 1.807) is 56.8 Å². The number of para-hydroxylation sites is 1. The smallest absolute Gasteiger partial charge is 0.342 e. The lowest BCUT2D eigenvalue weighted by molar-refractivity contribution is -0.149. The van der Waals surface area contributed by atoms with Crippen LogP contribution in [0, 0.1) is 0 Å². The molecule has 1 aliphatic heterocycles. The number of imidazole rings is 1. The maximum absolute atomic E-state index is 13.9. The molecule has 0 fully saturated rings. The Bertz CT molecular complexity index is 1280.